The molecule has 0 saturated carbocycles. The molecule has 0 unspecified atom stereocenters. The predicted molar refractivity (Wildman–Crippen MR) is 105 cm³/mol. The van der Waals surface area contributed by atoms with Crippen molar-refractivity contribution in [2.24, 2.45) is 0 Å². The monoisotopic (exact) mass is 354 g/mol. The Morgan fingerprint density at radius 3 is 2.58 bits per heavy atom. The molecule has 26 heavy (non-hydrogen) atoms. The van der Waals surface area contributed by atoms with E-state index in [0.717, 1.165) is 43.6 Å². The zero-order valence-corrected chi connectivity index (χ0v) is 16.2. The Morgan fingerprint density at radius 1 is 1.12 bits per heavy atom. The van der Waals surface area contributed by atoms with E-state index in [1.165, 1.54) is 22.3 Å². The van der Waals surface area contributed by atoms with E-state index in [1.54, 1.807) is 0 Å². The van der Waals surface area contributed by atoms with Gasteiger partial charge in [0.2, 0.25) is 0 Å². The third kappa shape index (κ3) is 4.21. The van der Waals surface area contributed by atoms with Crippen molar-refractivity contribution >= 4 is 0 Å². The Balaban J connectivity index is 1.97. The van der Waals surface area contributed by atoms with E-state index < -0.39 is 0 Å². The zero-order valence-electron chi connectivity index (χ0n) is 16.2. The van der Waals surface area contributed by atoms with Crippen LogP contribution in [0.25, 0.3) is 0 Å². The molecular weight excluding hydrogens is 324 g/mol. The minimum absolute atomic E-state index is 0.183. The fourth-order valence-electron chi connectivity index (χ4n) is 3.73. The number of benzene rings is 2. The van der Waals surface area contributed by atoms with Gasteiger partial charge in [-0.1, -0.05) is 43.7 Å². The molecule has 0 bridgehead atoms. The first-order chi connectivity index (χ1) is 12.5. The lowest BCUT2D eigenvalue weighted by Gasteiger charge is -2.21. The first-order valence-corrected chi connectivity index (χ1v) is 9.68. The van der Waals surface area contributed by atoms with Crippen molar-refractivity contribution in [3.8, 4) is 11.5 Å². The van der Waals surface area contributed by atoms with Gasteiger partial charge in [-0.25, -0.2) is 0 Å². The number of aliphatic hydroxyl groups excluding tert-OH is 1. The van der Waals surface area contributed by atoms with Crippen LogP contribution in [0, 0.1) is 0 Å². The molecule has 0 fully saturated rings. The number of hydrogen-bond donors (Lipinski definition) is 1. The van der Waals surface area contributed by atoms with E-state index in [1.807, 2.05) is 18.2 Å². The lowest BCUT2D eigenvalue weighted by atomic mass is 9.93. The highest BCUT2D eigenvalue weighted by Gasteiger charge is 2.34. The van der Waals surface area contributed by atoms with Crippen LogP contribution in [0.1, 0.15) is 55.9 Å². The molecule has 3 rings (SSSR count). The van der Waals surface area contributed by atoms with Gasteiger partial charge in [-0.3, -0.25) is 0 Å². The lowest BCUT2D eigenvalue weighted by molar-refractivity contribution is 0.137. The summed E-state index contributed by atoms with van der Waals surface area (Å²) in [6, 6.07) is 12.5. The minimum atomic E-state index is -0.183. The van der Waals surface area contributed by atoms with Crippen molar-refractivity contribution in [2.45, 2.75) is 65.1 Å². The number of ether oxygens (including phenoxy) is 2. The molecular formula is C23H30O3. The van der Waals surface area contributed by atoms with Gasteiger partial charge in [-0.2, -0.15) is 0 Å². The highest BCUT2D eigenvalue weighted by molar-refractivity contribution is 5.56. The third-order valence-corrected chi connectivity index (χ3v) is 4.85. The van der Waals surface area contributed by atoms with Crippen molar-refractivity contribution in [3.63, 3.8) is 0 Å². The molecule has 0 aliphatic carbocycles. The van der Waals surface area contributed by atoms with Crippen LogP contribution in [0.4, 0.5) is 0 Å². The van der Waals surface area contributed by atoms with Gasteiger partial charge in [0, 0.05) is 29.7 Å². The maximum atomic E-state index is 9.35. The van der Waals surface area contributed by atoms with Gasteiger partial charge >= 0.3 is 0 Å². The molecule has 2 aromatic rings. The molecule has 1 aliphatic heterocycles. The van der Waals surface area contributed by atoms with Crippen molar-refractivity contribution in [1.29, 1.82) is 0 Å². The van der Waals surface area contributed by atoms with Gasteiger partial charge in [-0.15, -0.1) is 0 Å². The topological polar surface area (TPSA) is 38.7 Å². The van der Waals surface area contributed by atoms with E-state index in [4.69, 9.17) is 9.47 Å². The second-order valence-electron chi connectivity index (χ2n) is 7.71. The molecule has 140 valence electrons. The summed E-state index contributed by atoms with van der Waals surface area (Å²) in [5, 5.41) is 9.35. The summed E-state index contributed by atoms with van der Waals surface area (Å²) in [5.74, 6) is 2.00. The van der Waals surface area contributed by atoms with Gasteiger partial charge in [0.15, 0.2) is 0 Å². The Hall–Kier alpha value is -2.00. The first kappa shape index (κ1) is 18.8. The fraction of sp³-hybridized carbons (Fsp3) is 0.478. The largest absolute Gasteiger partial charge is 0.489 e. The number of aliphatic hydroxyl groups is 1. The van der Waals surface area contributed by atoms with Crippen LogP contribution in [-0.2, 0) is 25.9 Å². The van der Waals surface area contributed by atoms with Gasteiger partial charge in [-0.05, 0) is 44.7 Å². The Kier molecular flexibility index (Phi) is 5.87. The molecule has 0 spiro atoms. The average Bonchev–Trinajstić information content (AvgIpc) is 2.94. The standard InChI is InChI=1S/C23H30O3/c1-4-9-19-20(12-8-13-24)22-18(15-23(2,3)26-22)14-21(19)25-16-17-10-6-5-7-11-17/h5-7,10-11,14,24H,4,8-9,12-13,15-16H2,1-3H3. The van der Waals surface area contributed by atoms with Gasteiger partial charge in [0.25, 0.3) is 0 Å². The molecule has 1 N–H and O–H groups in total. The van der Waals surface area contributed by atoms with Crippen molar-refractivity contribution in [1.82, 2.24) is 0 Å². The number of hydrogen-bond acceptors (Lipinski definition) is 3. The second kappa shape index (κ2) is 8.13. The van der Waals surface area contributed by atoms with Gasteiger partial charge in [0.1, 0.15) is 23.7 Å². The summed E-state index contributed by atoms with van der Waals surface area (Å²) in [5.41, 5.74) is 4.69. The molecule has 1 aliphatic rings. The van der Waals surface area contributed by atoms with Crippen LogP contribution < -0.4 is 9.47 Å². The third-order valence-electron chi connectivity index (χ3n) is 4.85. The molecule has 0 radical (unpaired) electrons. The van der Waals surface area contributed by atoms with Crippen LogP contribution in [0.15, 0.2) is 36.4 Å². The highest BCUT2D eigenvalue weighted by Crippen LogP contribution is 2.44. The maximum Gasteiger partial charge on any atom is 0.127 e. The molecule has 2 aromatic carbocycles. The molecule has 0 amide bonds. The van der Waals surface area contributed by atoms with E-state index in [-0.39, 0.29) is 12.2 Å². The normalized spacial score (nSPS) is 14.8. The SMILES string of the molecule is CCCc1c(OCc2ccccc2)cc2c(c1CCCO)OC(C)(C)C2. The van der Waals surface area contributed by atoms with Crippen LogP contribution in [0.3, 0.4) is 0 Å². The second-order valence-corrected chi connectivity index (χ2v) is 7.71. The summed E-state index contributed by atoms with van der Waals surface area (Å²) in [7, 11) is 0. The summed E-state index contributed by atoms with van der Waals surface area (Å²) in [4.78, 5) is 0. The maximum absolute atomic E-state index is 9.35. The van der Waals surface area contributed by atoms with Gasteiger partial charge < -0.3 is 14.6 Å². The van der Waals surface area contributed by atoms with Gasteiger partial charge in [0.05, 0.1) is 0 Å². The van der Waals surface area contributed by atoms with E-state index in [0.29, 0.717) is 6.61 Å². The molecule has 0 aromatic heterocycles. The molecule has 0 saturated heterocycles. The molecule has 0 atom stereocenters. The quantitative estimate of drug-likeness (QED) is 0.736. The summed E-state index contributed by atoms with van der Waals surface area (Å²) >= 11 is 0. The van der Waals surface area contributed by atoms with Crippen LogP contribution in [0.5, 0.6) is 11.5 Å². The van der Waals surface area contributed by atoms with Crippen LogP contribution in [-0.4, -0.2) is 17.3 Å². The van der Waals surface area contributed by atoms with Crippen LogP contribution >= 0.6 is 0 Å². The molecule has 3 nitrogen and oxygen atoms in total. The number of rotatable bonds is 8. The first-order valence-electron chi connectivity index (χ1n) is 9.68. The van der Waals surface area contributed by atoms with E-state index >= 15 is 0 Å². The van der Waals surface area contributed by atoms with Crippen molar-refractivity contribution in [3.05, 3.63) is 58.7 Å². The lowest BCUT2D eigenvalue weighted by Crippen LogP contribution is -2.25. The Morgan fingerprint density at radius 2 is 1.88 bits per heavy atom. The fourth-order valence-corrected chi connectivity index (χ4v) is 3.73. The predicted octanol–water partition coefficient (Wildman–Crippen LogP) is 4.86. The van der Waals surface area contributed by atoms with Crippen LogP contribution in [0.2, 0.25) is 0 Å². The number of fused-ring (bicyclic) bond motifs is 1. The molecule has 1 heterocycles. The Labute approximate surface area is 157 Å². The Bertz CT molecular complexity index is 735. The summed E-state index contributed by atoms with van der Waals surface area (Å²) in [6.45, 7) is 7.22. The van der Waals surface area contributed by atoms with E-state index in [9.17, 15) is 5.11 Å². The van der Waals surface area contributed by atoms with Crippen molar-refractivity contribution < 1.29 is 14.6 Å². The summed E-state index contributed by atoms with van der Waals surface area (Å²) in [6.07, 6.45) is 4.47. The highest BCUT2D eigenvalue weighted by atomic mass is 16.5. The molecule has 3 heteroatoms. The minimum Gasteiger partial charge on any atom is -0.489 e. The van der Waals surface area contributed by atoms with E-state index in [2.05, 4.69) is 39.0 Å². The average molecular weight is 354 g/mol. The van der Waals surface area contributed by atoms with Crippen molar-refractivity contribution in [2.75, 3.05) is 6.61 Å². The smallest absolute Gasteiger partial charge is 0.127 e. The summed E-state index contributed by atoms with van der Waals surface area (Å²) < 4.78 is 12.6. The zero-order chi connectivity index (χ0) is 18.6.